The van der Waals surface area contributed by atoms with Gasteiger partial charge in [0.05, 0.1) is 6.61 Å². The molecule has 0 saturated heterocycles. The van der Waals surface area contributed by atoms with E-state index >= 15 is 0 Å². The maximum Gasteiger partial charge on any atom is 0.271 e. The first-order valence-electron chi connectivity index (χ1n) is 6.21. The molecular weight excluding hydrogens is 354 g/mol. The molecule has 0 aliphatic carbocycles. The number of methoxy groups -OCH3 is 1. The van der Waals surface area contributed by atoms with Gasteiger partial charge < -0.3 is 14.2 Å². The summed E-state index contributed by atoms with van der Waals surface area (Å²) >= 11 is 0.629. The van der Waals surface area contributed by atoms with Gasteiger partial charge in [0.2, 0.25) is 10.0 Å². The second-order valence-electron chi connectivity index (χ2n) is 4.30. The van der Waals surface area contributed by atoms with E-state index < -0.39 is 26.3 Å². The smallest absolute Gasteiger partial charge is 0.271 e. The average Bonchev–Trinajstić information content (AvgIpc) is 2.81. The van der Waals surface area contributed by atoms with Crippen LogP contribution in [0.4, 0.5) is 0 Å². The van der Waals surface area contributed by atoms with E-state index in [0.717, 1.165) is 6.26 Å². The van der Waals surface area contributed by atoms with Crippen LogP contribution in [0, 0.1) is 0 Å². The molecule has 0 saturated carbocycles. The second kappa shape index (κ2) is 7.81. The van der Waals surface area contributed by atoms with Crippen LogP contribution >= 0.6 is 11.3 Å². The molecule has 1 aromatic rings. The number of ether oxygens (including phenoxy) is 3. The summed E-state index contributed by atoms with van der Waals surface area (Å²) in [6.45, 7) is 1.40. The van der Waals surface area contributed by atoms with Gasteiger partial charge in [-0.2, -0.15) is 0 Å². The molecule has 0 amide bonds. The fraction of sp³-hybridized carbons (Fsp3) is 0.636. The SMILES string of the molecule is CCOC(OC)OCCc1cc(S(N)(=O)=O)sc1S(C)(=O)=O. The third-order valence-electron chi connectivity index (χ3n) is 2.49. The zero-order valence-electron chi connectivity index (χ0n) is 12.4. The molecule has 22 heavy (non-hydrogen) atoms. The van der Waals surface area contributed by atoms with Crippen LogP contribution in [0.2, 0.25) is 0 Å². The van der Waals surface area contributed by atoms with Crippen molar-refractivity contribution < 1.29 is 31.0 Å². The first-order chi connectivity index (χ1) is 10.1. The highest BCUT2D eigenvalue weighted by molar-refractivity contribution is 7.94. The first kappa shape index (κ1) is 19.5. The Kier molecular flexibility index (Phi) is 6.92. The lowest BCUT2D eigenvalue weighted by Crippen LogP contribution is -2.20. The molecule has 0 aliphatic heterocycles. The normalized spacial score (nSPS) is 14.2. The molecule has 11 heteroatoms. The van der Waals surface area contributed by atoms with Crippen LogP contribution in [0.1, 0.15) is 12.5 Å². The topological polar surface area (TPSA) is 122 Å². The first-order valence-corrected chi connectivity index (χ1v) is 10.5. The van der Waals surface area contributed by atoms with E-state index in [-0.39, 0.29) is 21.4 Å². The highest BCUT2D eigenvalue weighted by Gasteiger charge is 2.22. The molecule has 1 unspecified atom stereocenters. The van der Waals surface area contributed by atoms with Gasteiger partial charge in [-0.25, -0.2) is 22.0 Å². The lowest BCUT2D eigenvalue weighted by molar-refractivity contribution is -0.274. The standard InChI is InChI=1S/C11H19NO7S3/c1-4-18-11(17-2)19-6-5-8-7-9(22(12,15)16)20-10(8)21(3,13)14/h7,11H,4-6H2,1-3H3,(H2,12,15,16). The summed E-state index contributed by atoms with van der Waals surface area (Å²) in [5.41, 5.74) is 0.336. The molecule has 0 fully saturated rings. The van der Waals surface area contributed by atoms with E-state index in [1.165, 1.54) is 13.2 Å². The molecule has 1 rings (SSSR count). The van der Waals surface area contributed by atoms with Crippen molar-refractivity contribution in [3.05, 3.63) is 11.6 Å². The number of hydrogen-bond acceptors (Lipinski definition) is 8. The Hall–Kier alpha value is -0.560. The Balaban J connectivity index is 2.92. The molecule has 128 valence electrons. The van der Waals surface area contributed by atoms with Crippen molar-refractivity contribution in [2.75, 3.05) is 26.6 Å². The molecule has 0 bridgehead atoms. The summed E-state index contributed by atoms with van der Waals surface area (Å²) in [7, 11) is -6.11. The molecule has 2 N–H and O–H groups in total. The van der Waals surface area contributed by atoms with Crippen molar-refractivity contribution >= 4 is 31.2 Å². The summed E-state index contributed by atoms with van der Waals surface area (Å²) in [5.74, 6) is 0. The summed E-state index contributed by atoms with van der Waals surface area (Å²) in [6.07, 6.45) is 1.19. The molecule has 0 aliphatic rings. The molecule has 1 aromatic heterocycles. The van der Waals surface area contributed by atoms with Gasteiger partial charge in [-0.05, 0) is 25.0 Å². The van der Waals surface area contributed by atoms with Crippen LogP contribution in [-0.4, -0.2) is 49.9 Å². The number of thiophene rings is 1. The quantitative estimate of drug-likeness (QED) is 0.619. The van der Waals surface area contributed by atoms with Gasteiger partial charge in [-0.3, -0.25) is 0 Å². The molecule has 1 heterocycles. The Morgan fingerprint density at radius 1 is 1.27 bits per heavy atom. The van der Waals surface area contributed by atoms with E-state index in [1.54, 1.807) is 6.92 Å². The molecule has 0 radical (unpaired) electrons. The molecular formula is C11H19NO7S3. The van der Waals surface area contributed by atoms with Crippen LogP contribution in [0.3, 0.4) is 0 Å². The fourth-order valence-corrected chi connectivity index (χ4v) is 4.97. The van der Waals surface area contributed by atoms with Crippen molar-refractivity contribution in [2.45, 2.75) is 28.2 Å². The third kappa shape index (κ3) is 5.57. The zero-order valence-corrected chi connectivity index (χ0v) is 14.9. The van der Waals surface area contributed by atoms with Crippen LogP contribution in [0.25, 0.3) is 0 Å². The molecule has 8 nitrogen and oxygen atoms in total. The van der Waals surface area contributed by atoms with Crippen molar-refractivity contribution in [1.29, 1.82) is 0 Å². The van der Waals surface area contributed by atoms with E-state index in [1.807, 2.05) is 0 Å². The predicted octanol–water partition coefficient (Wildman–Crippen LogP) is 0.325. The summed E-state index contributed by atoms with van der Waals surface area (Å²) < 4.78 is 61.3. The number of rotatable bonds is 9. The van der Waals surface area contributed by atoms with Gasteiger partial charge in [0, 0.05) is 20.0 Å². The minimum atomic E-state index is -3.96. The minimum Gasteiger partial charge on any atom is -0.333 e. The van der Waals surface area contributed by atoms with Crippen molar-refractivity contribution in [1.82, 2.24) is 0 Å². The lowest BCUT2D eigenvalue weighted by atomic mass is 10.2. The number of sulfone groups is 1. The Morgan fingerprint density at radius 3 is 2.36 bits per heavy atom. The van der Waals surface area contributed by atoms with E-state index in [4.69, 9.17) is 19.3 Å². The van der Waals surface area contributed by atoms with Crippen molar-refractivity contribution in [3.8, 4) is 0 Å². The number of nitrogens with two attached hydrogens (primary N) is 1. The van der Waals surface area contributed by atoms with Crippen LogP contribution in [0.15, 0.2) is 14.5 Å². The van der Waals surface area contributed by atoms with Gasteiger partial charge in [0.25, 0.3) is 6.48 Å². The monoisotopic (exact) mass is 373 g/mol. The Morgan fingerprint density at radius 2 is 1.91 bits per heavy atom. The highest BCUT2D eigenvalue weighted by Crippen LogP contribution is 2.30. The number of hydrogen-bond donors (Lipinski definition) is 1. The zero-order chi connectivity index (χ0) is 17.0. The lowest BCUT2D eigenvalue weighted by Gasteiger charge is -2.15. The van der Waals surface area contributed by atoms with Gasteiger partial charge in [0.1, 0.15) is 8.42 Å². The van der Waals surface area contributed by atoms with Crippen molar-refractivity contribution in [2.24, 2.45) is 5.14 Å². The second-order valence-corrected chi connectivity index (χ2v) is 9.35. The summed E-state index contributed by atoms with van der Waals surface area (Å²) in [4.78, 5) is 0. The molecule has 0 aromatic carbocycles. The average molecular weight is 373 g/mol. The maximum atomic E-state index is 11.7. The van der Waals surface area contributed by atoms with E-state index in [9.17, 15) is 16.8 Å². The van der Waals surface area contributed by atoms with E-state index in [0.29, 0.717) is 23.5 Å². The van der Waals surface area contributed by atoms with Crippen LogP contribution in [0.5, 0.6) is 0 Å². The van der Waals surface area contributed by atoms with Crippen molar-refractivity contribution in [3.63, 3.8) is 0 Å². The maximum absolute atomic E-state index is 11.7. The summed E-state index contributed by atoms with van der Waals surface area (Å²) in [6, 6.07) is 1.25. The summed E-state index contributed by atoms with van der Waals surface area (Å²) in [5, 5.41) is 5.04. The predicted molar refractivity (Wildman–Crippen MR) is 80.9 cm³/mol. The van der Waals surface area contributed by atoms with Crippen LogP contribution in [-0.2, 0) is 40.5 Å². The highest BCUT2D eigenvalue weighted by atomic mass is 32.3. The van der Waals surface area contributed by atoms with Gasteiger partial charge in [0.15, 0.2) is 9.84 Å². The van der Waals surface area contributed by atoms with E-state index in [2.05, 4.69) is 0 Å². The van der Waals surface area contributed by atoms with Gasteiger partial charge >= 0.3 is 0 Å². The molecule has 1 atom stereocenters. The third-order valence-corrected chi connectivity index (χ3v) is 6.97. The fourth-order valence-electron chi connectivity index (χ4n) is 1.60. The van der Waals surface area contributed by atoms with Gasteiger partial charge in [-0.15, -0.1) is 11.3 Å². The molecule has 0 spiro atoms. The number of primary sulfonamides is 1. The van der Waals surface area contributed by atoms with Crippen LogP contribution < -0.4 is 5.14 Å². The Bertz CT molecular complexity index is 693. The largest absolute Gasteiger partial charge is 0.333 e. The Labute approximate surface area is 134 Å². The minimum absolute atomic E-state index is 0.0366. The van der Waals surface area contributed by atoms with Gasteiger partial charge in [-0.1, -0.05) is 0 Å². The number of sulfonamides is 1.